The van der Waals surface area contributed by atoms with E-state index in [1.165, 1.54) is 141 Å². The summed E-state index contributed by atoms with van der Waals surface area (Å²) in [7, 11) is -3.27. The van der Waals surface area contributed by atoms with Crippen LogP contribution in [0.5, 0.6) is 0 Å². The van der Waals surface area contributed by atoms with Gasteiger partial charge in [0.1, 0.15) is 6.10 Å². The summed E-state index contributed by atoms with van der Waals surface area (Å²) < 4.78 is 12.4. The molecule has 316 valence electrons. The molecule has 0 heterocycles. The second kappa shape index (κ2) is 39.6. The fourth-order valence-corrected chi connectivity index (χ4v) is 8.41. The van der Waals surface area contributed by atoms with E-state index in [9.17, 15) is 0 Å². The zero-order chi connectivity index (χ0) is 41.3. The molecule has 0 aliphatic heterocycles. The van der Waals surface area contributed by atoms with Gasteiger partial charge < -0.3 is 8.85 Å². The SMILES string of the molecule is C#C/C=C\CCCCCCCCCCCCCC/C=C\CCCC/C=C\CCCCC#C[C@H](C#CCCCCCCCC[C@H](C#C)O[Si](C)(C)C)O[Si](C)(C)C. The van der Waals surface area contributed by atoms with Crippen LogP contribution in [0.25, 0.3) is 0 Å². The minimum atomic E-state index is -1.70. The molecule has 0 saturated carbocycles. The second-order valence-corrected chi connectivity index (χ2v) is 26.6. The summed E-state index contributed by atoms with van der Waals surface area (Å²) >= 11 is 0. The van der Waals surface area contributed by atoms with E-state index in [4.69, 9.17) is 21.7 Å². The van der Waals surface area contributed by atoms with Gasteiger partial charge >= 0.3 is 0 Å². The fraction of sp³-hybridized carbons (Fsp3) is 0.731. The Hall–Kier alpha value is -2.19. The molecule has 0 rings (SSSR count). The highest BCUT2D eigenvalue weighted by atomic mass is 28.4. The van der Waals surface area contributed by atoms with E-state index in [1.54, 1.807) is 0 Å². The number of unbranched alkanes of at least 4 members (excludes halogenated alkanes) is 25. The van der Waals surface area contributed by atoms with Crippen LogP contribution in [-0.2, 0) is 8.85 Å². The molecule has 0 aromatic carbocycles. The van der Waals surface area contributed by atoms with Gasteiger partial charge in [-0.25, -0.2) is 0 Å². The lowest BCUT2D eigenvalue weighted by Crippen LogP contribution is -2.31. The number of terminal acetylenes is 2. The number of rotatable bonds is 36. The van der Waals surface area contributed by atoms with Gasteiger partial charge in [0, 0.05) is 12.8 Å². The average Bonchev–Trinajstić information content (AvgIpc) is 3.14. The Bertz CT molecular complexity index is 1190. The van der Waals surface area contributed by atoms with Crippen LogP contribution in [0.15, 0.2) is 36.5 Å². The first-order valence-corrected chi connectivity index (χ1v) is 30.1. The van der Waals surface area contributed by atoms with E-state index in [0.29, 0.717) is 0 Å². The van der Waals surface area contributed by atoms with Crippen LogP contribution in [0, 0.1) is 48.4 Å². The Morgan fingerprint density at radius 2 is 0.768 bits per heavy atom. The largest absolute Gasteiger partial charge is 0.404 e. The van der Waals surface area contributed by atoms with Crippen LogP contribution in [-0.4, -0.2) is 28.8 Å². The van der Waals surface area contributed by atoms with Crippen molar-refractivity contribution in [3.63, 3.8) is 0 Å². The van der Waals surface area contributed by atoms with Crippen LogP contribution >= 0.6 is 0 Å². The van der Waals surface area contributed by atoms with Crippen molar-refractivity contribution in [1.82, 2.24) is 0 Å². The number of allylic oxidation sites excluding steroid dienone is 6. The zero-order valence-electron chi connectivity index (χ0n) is 37.8. The topological polar surface area (TPSA) is 18.5 Å². The third-order valence-corrected chi connectivity index (χ3v) is 11.5. The summed E-state index contributed by atoms with van der Waals surface area (Å²) in [6.07, 6.45) is 61.9. The summed E-state index contributed by atoms with van der Waals surface area (Å²) in [5.41, 5.74) is 0. The van der Waals surface area contributed by atoms with E-state index >= 15 is 0 Å². The van der Waals surface area contributed by atoms with Gasteiger partial charge in [0.05, 0.1) is 0 Å². The lowest BCUT2D eigenvalue weighted by atomic mass is 10.0. The Balaban J connectivity index is 3.79. The first-order valence-electron chi connectivity index (χ1n) is 23.3. The summed E-state index contributed by atoms with van der Waals surface area (Å²) in [6.45, 7) is 13.3. The predicted molar refractivity (Wildman–Crippen MR) is 256 cm³/mol. The van der Waals surface area contributed by atoms with Gasteiger partial charge in [-0.1, -0.05) is 156 Å². The third-order valence-electron chi connectivity index (χ3n) is 9.59. The molecular weight excluding hydrogens is 713 g/mol. The van der Waals surface area contributed by atoms with E-state index in [0.717, 1.165) is 51.4 Å². The summed E-state index contributed by atoms with van der Waals surface area (Å²) in [5, 5.41) is 0. The molecule has 0 amide bonds. The van der Waals surface area contributed by atoms with Crippen molar-refractivity contribution in [3.8, 4) is 48.4 Å². The zero-order valence-corrected chi connectivity index (χ0v) is 39.8. The molecule has 4 heteroatoms. The first kappa shape index (κ1) is 53.8. The molecule has 56 heavy (non-hydrogen) atoms. The standard InChI is InChI=1S/C52H88O2Si2/c1-9-11-12-13-14-15-16-17-18-19-20-21-22-23-24-25-26-27-28-29-30-31-32-33-34-35-36-40-43-46-49-52(54-56(6,7)8)50-47-44-41-38-37-39-42-45-48-51(10-2)53-55(3,4)5/h1-2,11-12,27-28,33-34,51-52H,13-26,29-32,35-45,48H2,3-8H3/b12-11-,28-27-,34-33-/t51-,52+/m0/s1. The van der Waals surface area contributed by atoms with Gasteiger partial charge in [-0.05, 0) is 135 Å². The van der Waals surface area contributed by atoms with Crippen molar-refractivity contribution in [2.75, 3.05) is 0 Å². The van der Waals surface area contributed by atoms with Crippen molar-refractivity contribution in [1.29, 1.82) is 0 Å². The molecule has 0 aromatic heterocycles. The van der Waals surface area contributed by atoms with Crippen molar-refractivity contribution in [3.05, 3.63) is 36.5 Å². The van der Waals surface area contributed by atoms with Gasteiger partial charge in [-0.15, -0.1) is 12.8 Å². The van der Waals surface area contributed by atoms with Crippen LogP contribution in [0.3, 0.4) is 0 Å². The quantitative estimate of drug-likeness (QED) is 0.0272. The van der Waals surface area contributed by atoms with Gasteiger partial charge in [-0.2, -0.15) is 0 Å². The number of hydrogen-bond acceptors (Lipinski definition) is 2. The molecule has 0 spiro atoms. The highest BCUT2D eigenvalue weighted by molar-refractivity contribution is 6.70. The molecule has 0 radical (unpaired) electrons. The highest BCUT2D eigenvalue weighted by Gasteiger charge is 2.19. The third kappa shape index (κ3) is 44.5. The van der Waals surface area contributed by atoms with E-state index in [2.05, 4.69) is 105 Å². The van der Waals surface area contributed by atoms with Crippen molar-refractivity contribution >= 4 is 16.6 Å². The molecule has 0 aliphatic rings. The smallest absolute Gasteiger partial charge is 0.186 e. The van der Waals surface area contributed by atoms with Crippen molar-refractivity contribution in [2.24, 2.45) is 0 Å². The van der Waals surface area contributed by atoms with Gasteiger partial charge in [0.15, 0.2) is 22.7 Å². The summed E-state index contributed by atoms with van der Waals surface area (Å²) in [6, 6.07) is 0. The van der Waals surface area contributed by atoms with Crippen molar-refractivity contribution < 1.29 is 8.85 Å². The van der Waals surface area contributed by atoms with Crippen LogP contribution in [0.4, 0.5) is 0 Å². The average molecular weight is 801 g/mol. The minimum absolute atomic E-state index is 0.00722. The monoisotopic (exact) mass is 801 g/mol. The lowest BCUT2D eigenvalue weighted by molar-refractivity contribution is 0.235. The van der Waals surface area contributed by atoms with Crippen LogP contribution < -0.4 is 0 Å². The van der Waals surface area contributed by atoms with E-state index < -0.39 is 16.6 Å². The maximum atomic E-state index is 6.28. The van der Waals surface area contributed by atoms with Gasteiger partial charge in [0.2, 0.25) is 0 Å². The summed E-state index contributed by atoms with van der Waals surface area (Å²) in [5.74, 6) is 18.8. The molecule has 0 unspecified atom stereocenters. The van der Waals surface area contributed by atoms with E-state index in [1.807, 2.05) is 6.08 Å². The molecule has 0 aliphatic carbocycles. The highest BCUT2D eigenvalue weighted by Crippen LogP contribution is 2.16. The maximum Gasteiger partial charge on any atom is 0.186 e. The Labute approximate surface area is 353 Å². The molecule has 0 N–H and O–H groups in total. The Morgan fingerprint density at radius 1 is 0.429 bits per heavy atom. The first-order chi connectivity index (χ1) is 27.1. The van der Waals surface area contributed by atoms with Crippen molar-refractivity contribution in [2.45, 2.75) is 244 Å². The lowest BCUT2D eigenvalue weighted by Gasteiger charge is -2.22. The molecule has 0 aromatic rings. The molecule has 0 fully saturated rings. The van der Waals surface area contributed by atoms with Crippen LogP contribution in [0.2, 0.25) is 39.3 Å². The predicted octanol–water partition coefficient (Wildman–Crippen LogP) is 16.1. The fourth-order valence-electron chi connectivity index (χ4n) is 6.55. The maximum absolute atomic E-state index is 6.28. The molecule has 2 atom stereocenters. The number of hydrogen-bond donors (Lipinski definition) is 0. The van der Waals surface area contributed by atoms with Crippen LogP contribution in [0.1, 0.15) is 193 Å². The minimum Gasteiger partial charge on any atom is -0.404 e. The molecular formula is C52H88O2Si2. The van der Waals surface area contributed by atoms with Gasteiger partial charge in [-0.3, -0.25) is 0 Å². The molecule has 2 nitrogen and oxygen atoms in total. The summed E-state index contributed by atoms with van der Waals surface area (Å²) in [4.78, 5) is 0. The normalized spacial score (nSPS) is 13.0. The molecule has 0 saturated heterocycles. The van der Waals surface area contributed by atoms with Gasteiger partial charge in [0.25, 0.3) is 0 Å². The molecule has 0 bridgehead atoms. The Kier molecular flexibility index (Phi) is 38.1. The van der Waals surface area contributed by atoms with E-state index in [-0.39, 0.29) is 12.2 Å². The second-order valence-electron chi connectivity index (χ2n) is 17.7. The Morgan fingerprint density at radius 3 is 1.18 bits per heavy atom.